The minimum Gasteiger partial charge on any atom is -0.344 e. The van der Waals surface area contributed by atoms with Crippen LogP contribution in [0.1, 0.15) is 43.4 Å². The molecule has 1 unspecified atom stereocenters. The number of aryl methyl sites for hydroxylation is 1. The van der Waals surface area contributed by atoms with Gasteiger partial charge in [0.2, 0.25) is 5.91 Å². The molecule has 0 radical (unpaired) electrons. The average molecular weight is 274 g/mol. The molecule has 1 amide bonds. The number of fused-ring (bicyclic) bond motifs is 1. The molecular weight excluding hydrogens is 252 g/mol. The van der Waals surface area contributed by atoms with Gasteiger partial charge in [0.05, 0.1) is 6.07 Å². The third-order valence-corrected chi connectivity index (χ3v) is 3.70. The SMILES string of the molecule is CCNC1CCCCc2cn(CC(=O)NCC#N)cc21. The monoisotopic (exact) mass is 274 g/mol. The molecule has 1 aromatic heterocycles. The quantitative estimate of drug-likeness (QED) is 0.631. The first-order valence-electron chi connectivity index (χ1n) is 7.30. The van der Waals surface area contributed by atoms with E-state index in [1.165, 1.54) is 24.0 Å². The summed E-state index contributed by atoms with van der Waals surface area (Å²) in [5.74, 6) is -0.114. The second kappa shape index (κ2) is 7.11. The van der Waals surface area contributed by atoms with Crippen LogP contribution in [-0.4, -0.2) is 23.6 Å². The van der Waals surface area contributed by atoms with E-state index in [4.69, 9.17) is 5.26 Å². The third-order valence-electron chi connectivity index (χ3n) is 3.70. The molecule has 1 atom stereocenters. The Hall–Kier alpha value is -1.80. The molecule has 5 heteroatoms. The lowest BCUT2D eigenvalue weighted by Gasteiger charge is -2.15. The van der Waals surface area contributed by atoms with Gasteiger partial charge in [-0.3, -0.25) is 4.79 Å². The van der Waals surface area contributed by atoms with Crippen molar-refractivity contribution in [2.24, 2.45) is 0 Å². The van der Waals surface area contributed by atoms with Crippen LogP contribution >= 0.6 is 0 Å². The number of carbonyl (C=O) groups excluding carboxylic acids is 1. The highest BCUT2D eigenvalue weighted by molar-refractivity contribution is 5.76. The number of carbonyl (C=O) groups is 1. The number of aromatic nitrogens is 1. The lowest BCUT2D eigenvalue weighted by Crippen LogP contribution is -2.27. The Morgan fingerprint density at radius 2 is 2.35 bits per heavy atom. The Labute approximate surface area is 120 Å². The number of hydrogen-bond acceptors (Lipinski definition) is 3. The number of nitrogens with zero attached hydrogens (tertiary/aromatic N) is 2. The highest BCUT2D eigenvalue weighted by Crippen LogP contribution is 2.29. The summed E-state index contributed by atoms with van der Waals surface area (Å²) in [5.41, 5.74) is 2.68. The van der Waals surface area contributed by atoms with Crippen molar-refractivity contribution in [3.63, 3.8) is 0 Å². The van der Waals surface area contributed by atoms with E-state index in [1.54, 1.807) is 0 Å². The molecule has 5 nitrogen and oxygen atoms in total. The predicted octanol–water partition coefficient (Wildman–Crippen LogP) is 1.50. The van der Waals surface area contributed by atoms with Crippen molar-refractivity contribution in [3.05, 3.63) is 23.5 Å². The van der Waals surface area contributed by atoms with Crippen molar-refractivity contribution in [3.8, 4) is 6.07 Å². The summed E-state index contributed by atoms with van der Waals surface area (Å²) in [7, 11) is 0. The van der Waals surface area contributed by atoms with Crippen LogP contribution in [0.15, 0.2) is 12.4 Å². The zero-order valence-corrected chi connectivity index (χ0v) is 12.0. The van der Waals surface area contributed by atoms with Crippen molar-refractivity contribution >= 4 is 5.91 Å². The summed E-state index contributed by atoms with van der Waals surface area (Å²) in [5, 5.41) is 14.6. The zero-order chi connectivity index (χ0) is 14.4. The molecule has 2 rings (SSSR count). The summed E-state index contributed by atoms with van der Waals surface area (Å²) in [6, 6.07) is 2.32. The van der Waals surface area contributed by atoms with E-state index >= 15 is 0 Å². The van der Waals surface area contributed by atoms with Gasteiger partial charge in [-0.2, -0.15) is 5.26 Å². The van der Waals surface area contributed by atoms with Crippen molar-refractivity contribution in [1.82, 2.24) is 15.2 Å². The Morgan fingerprint density at radius 1 is 1.50 bits per heavy atom. The molecule has 20 heavy (non-hydrogen) atoms. The van der Waals surface area contributed by atoms with Gasteiger partial charge in [0.25, 0.3) is 0 Å². The molecule has 0 aliphatic heterocycles. The number of nitriles is 1. The Kier molecular flexibility index (Phi) is 5.19. The maximum absolute atomic E-state index is 11.7. The number of hydrogen-bond donors (Lipinski definition) is 2. The van der Waals surface area contributed by atoms with Crippen LogP contribution in [0, 0.1) is 11.3 Å². The fourth-order valence-electron chi connectivity index (χ4n) is 2.83. The van der Waals surface area contributed by atoms with E-state index < -0.39 is 0 Å². The second-order valence-electron chi connectivity index (χ2n) is 5.20. The van der Waals surface area contributed by atoms with Crippen molar-refractivity contribution < 1.29 is 4.79 Å². The van der Waals surface area contributed by atoms with Gasteiger partial charge in [-0.1, -0.05) is 13.3 Å². The smallest absolute Gasteiger partial charge is 0.240 e. The second-order valence-corrected chi connectivity index (χ2v) is 5.20. The summed E-state index contributed by atoms with van der Waals surface area (Å²) >= 11 is 0. The first-order valence-corrected chi connectivity index (χ1v) is 7.30. The normalized spacial score (nSPS) is 17.9. The molecule has 2 N–H and O–H groups in total. The molecule has 1 aliphatic carbocycles. The standard InChI is InChI=1S/C15H22N4O/c1-2-17-14-6-4-3-5-12-9-19(10-13(12)14)11-15(20)18-8-7-16/h9-10,14,17H,2-6,8,11H2,1H3,(H,18,20). The average Bonchev–Trinajstić information content (AvgIpc) is 2.74. The molecule has 1 aliphatic rings. The molecule has 0 saturated heterocycles. The van der Waals surface area contributed by atoms with Gasteiger partial charge in [0, 0.05) is 18.4 Å². The van der Waals surface area contributed by atoms with E-state index in [2.05, 4.69) is 30.0 Å². The van der Waals surface area contributed by atoms with Gasteiger partial charge >= 0.3 is 0 Å². The lowest BCUT2D eigenvalue weighted by molar-refractivity contribution is -0.121. The molecular formula is C15H22N4O. The minimum atomic E-state index is -0.114. The van der Waals surface area contributed by atoms with Crippen molar-refractivity contribution in [2.45, 2.75) is 45.2 Å². The summed E-state index contributed by atoms with van der Waals surface area (Å²) in [6.45, 7) is 3.43. The fraction of sp³-hybridized carbons (Fsp3) is 0.600. The van der Waals surface area contributed by atoms with E-state index in [-0.39, 0.29) is 19.0 Å². The number of rotatable bonds is 5. The highest BCUT2D eigenvalue weighted by atomic mass is 16.1. The number of nitrogens with one attached hydrogen (secondary N) is 2. The molecule has 0 spiro atoms. The molecule has 0 aromatic carbocycles. The van der Waals surface area contributed by atoms with Crippen LogP contribution in [0.5, 0.6) is 0 Å². The van der Waals surface area contributed by atoms with Gasteiger partial charge in [-0.05, 0) is 36.9 Å². The van der Waals surface area contributed by atoms with Gasteiger partial charge in [0.1, 0.15) is 13.1 Å². The number of amides is 1. The van der Waals surface area contributed by atoms with Crippen LogP contribution in [-0.2, 0) is 17.8 Å². The van der Waals surface area contributed by atoms with E-state index in [0.29, 0.717) is 6.04 Å². The predicted molar refractivity (Wildman–Crippen MR) is 77.0 cm³/mol. The van der Waals surface area contributed by atoms with Gasteiger partial charge < -0.3 is 15.2 Å². The Bertz CT molecular complexity index is 500. The first-order chi connectivity index (χ1) is 9.74. The van der Waals surface area contributed by atoms with Crippen LogP contribution in [0.2, 0.25) is 0 Å². The first kappa shape index (κ1) is 14.6. The van der Waals surface area contributed by atoms with Crippen LogP contribution in [0.4, 0.5) is 0 Å². The zero-order valence-electron chi connectivity index (χ0n) is 12.0. The van der Waals surface area contributed by atoms with Crippen LogP contribution in [0.3, 0.4) is 0 Å². The highest BCUT2D eigenvalue weighted by Gasteiger charge is 2.20. The van der Waals surface area contributed by atoms with Crippen LogP contribution in [0.25, 0.3) is 0 Å². The van der Waals surface area contributed by atoms with E-state index in [0.717, 1.165) is 19.4 Å². The molecule has 0 bridgehead atoms. The van der Waals surface area contributed by atoms with Crippen molar-refractivity contribution in [2.75, 3.05) is 13.1 Å². The summed E-state index contributed by atoms with van der Waals surface area (Å²) < 4.78 is 1.94. The van der Waals surface area contributed by atoms with E-state index in [1.807, 2.05) is 10.6 Å². The summed E-state index contributed by atoms with van der Waals surface area (Å²) in [6.07, 6.45) is 8.86. The van der Waals surface area contributed by atoms with Gasteiger partial charge in [0.15, 0.2) is 0 Å². The molecule has 0 saturated carbocycles. The maximum atomic E-state index is 11.7. The molecule has 1 heterocycles. The van der Waals surface area contributed by atoms with E-state index in [9.17, 15) is 4.79 Å². The third kappa shape index (κ3) is 3.61. The van der Waals surface area contributed by atoms with Gasteiger partial charge in [-0.25, -0.2) is 0 Å². The van der Waals surface area contributed by atoms with Gasteiger partial charge in [-0.15, -0.1) is 0 Å². The lowest BCUT2D eigenvalue weighted by atomic mass is 10.0. The molecule has 0 fully saturated rings. The molecule has 1 aromatic rings. The Morgan fingerprint density at radius 3 is 3.10 bits per heavy atom. The van der Waals surface area contributed by atoms with Crippen molar-refractivity contribution in [1.29, 1.82) is 5.26 Å². The largest absolute Gasteiger partial charge is 0.344 e. The molecule has 108 valence electrons. The Balaban J connectivity index is 2.08. The minimum absolute atomic E-state index is 0.0693. The topological polar surface area (TPSA) is 69.8 Å². The van der Waals surface area contributed by atoms with Crippen LogP contribution < -0.4 is 10.6 Å². The summed E-state index contributed by atoms with van der Waals surface area (Å²) in [4.78, 5) is 11.7. The maximum Gasteiger partial charge on any atom is 0.240 e. The fourth-order valence-corrected chi connectivity index (χ4v) is 2.83.